The lowest BCUT2D eigenvalue weighted by atomic mass is 10.0. The van der Waals surface area contributed by atoms with E-state index in [1.54, 1.807) is 0 Å². The lowest BCUT2D eigenvalue weighted by Gasteiger charge is -2.14. The van der Waals surface area contributed by atoms with Crippen molar-refractivity contribution in [3.8, 4) is 0 Å². The van der Waals surface area contributed by atoms with Gasteiger partial charge in [0.1, 0.15) is 0 Å². The molecule has 0 radical (unpaired) electrons. The first kappa shape index (κ1) is 19.2. The quantitative estimate of drug-likeness (QED) is 0.813. The largest absolute Gasteiger partial charge is 0.398 e. The lowest BCUT2D eigenvalue weighted by molar-refractivity contribution is 0.352. The van der Waals surface area contributed by atoms with E-state index >= 15 is 0 Å². The Morgan fingerprint density at radius 3 is 2.23 bits per heavy atom. The van der Waals surface area contributed by atoms with Crippen molar-refractivity contribution in [2.75, 3.05) is 25.9 Å². The third-order valence-corrected chi connectivity index (χ3v) is 4.99. The minimum Gasteiger partial charge on any atom is -0.398 e. The Morgan fingerprint density at radius 2 is 1.55 bits per heavy atom. The molecule has 0 saturated heterocycles. The van der Waals surface area contributed by atoms with Gasteiger partial charge in [-0.15, -0.1) is 24.8 Å². The second-order valence-electron chi connectivity index (χ2n) is 5.33. The molecule has 2 aromatic carbocycles. The molecule has 2 aromatic rings. The van der Waals surface area contributed by atoms with Crippen molar-refractivity contribution in [1.82, 2.24) is 4.90 Å². The average molecular weight is 357 g/mol. The van der Waals surface area contributed by atoms with Gasteiger partial charge < -0.3 is 10.6 Å². The lowest BCUT2D eigenvalue weighted by Crippen LogP contribution is -2.20. The minimum atomic E-state index is 0. The van der Waals surface area contributed by atoms with Crippen LogP contribution in [-0.4, -0.2) is 25.0 Å². The van der Waals surface area contributed by atoms with E-state index in [9.17, 15) is 0 Å². The number of likely N-dealkylation sites (N-methyl/N-ethyl adjacent to an activating group) is 1. The van der Waals surface area contributed by atoms with Crippen molar-refractivity contribution in [1.29, 1.82) is 0 Å². The molecule has 0 saturated carbocycles. The number of nitrogen functional groups attached to an aromatic ring is 1. The van der Waals surface area contributed by atoms with E-state index in [0.29, 0.717) is 0 Å². The zero-order valence-electron chi connectivity index (χ0n) is 12.6. The zero-order valence-corrected chi connectivity index (χ0v) is 15.1. The van der Waals surface area contributed by atoms with Crippen LogP contribution in [0.15, 0.2) is 52.3 Å². The number of hydrogen-bond acceptors (Lipinski definition) is 3. The second-order valence-corrected chi connectivity index (χ2v) is 6.44. The van der Waals surface area contributed by atoms with Gasteiger partial charge in [-0.25, -0.2) is 0 Å². The molecule has 0 aromatic heterocycles. The van der Waals surface area contributed by atoms with E-state index in [-0.39, 0.29) is 24.8 Å². The number of hydrogen-bond donors (Lipinski definition) is 1. The molecule has 0 atom stereocenters. The summed E-state index contributed by atoms with van der Waals surface area (Å²) in [5.41, 5.74) is 9.95. The predicted molar refractivity (Wildman–Crippen MR) is 101 cm³/mol. The van der Waals surface area contributed by atoms with E-state index in [1.807, 2.05) is 11.8 Å². The minimum absolute atomic E-state index is 0. The first-order chi connectivity index (χ1) is 9.74. The van der Waals surface area contributed by atoms with Gasteiger partial charge in [-0.2, -0.15) is 0 Å². The molecule has 0 bridgehead atoms. The van der Waals surface area contributed by atoms with Gasteiger partial charge in [0, 0.05) is 28.6 Å². The monoisotopic (exact) mass is 356 g/mol. The Balaban J connectivity index is 0.00000121. The Bertz CT molecular complexity index is 605. The van der Waals surface area contributed by atoms with Crippen LogP contribution in [-0.2, 0) is 12.8 Å². The Labute approximate surface area is 149 Å². The fourth-order valence-corrected chi connectivity index (χ4v) is 3.72. The Kier molecular flexibility index (Phi) is 7.57. The molecule has 1 aliphatic rings. The summed E-state index contributed by atoms with van der Waals surface area (Å²) in [7, 11) is 2.19. The summed E-state index contributed by atoms with van der Waals surface area (Å²) in [6, 6.07) is 14.8. The molecule has 0 spiro atoms. The fraction of sp³-hybridized carbons (Fsp3) is 0.294. The zero-order chi connectivity index (χ0) is 13.9. The number of nitrogens with two attached hydrogens (primary N) is 1. The summed E-state index contributed by atoms with van der Waals surface area (Å²) in [5, 5.41) is 0. The third kappa shape index (κ3) is 4.32. The molecule has 1 aliphatic heterocycles. The van der Waals surface area contributed by atoms with Crippen LogP contribution >= 0.6 is 36.6 Å². The van der Waals surface area contributed by atoms with Crippen LogP contribution in [0.4, 0.5) is 5.69 Å². The van der Waals surface area contributed by atoms with Crippen LogP contribution in [0.25, 0.3) is 0 Å². The van der Waals surface area contributed by atoms with E-state index < -0.39 is 0 Å². The van der Waals surface area contributed by atoms with Gasteiger partial charge >= 0.3 is 0 Å². The normalized spacial score (nSPS) is 14.2. The summed E-state index contributed by atoms with van der Waals surface area (Å²) in [6.45, 7) is 2.20. The number of anilines is 1. The van der Waals surface area contributed by atoms with Gasteiger partial charge in [0.25, 0.3) is 0 Å². The van der Waals surface area contributed by atoms with Crippen molar-refractivity contribution < 1.29 is 0 Å². The molecule has 120 valence electrons. The first-order valence-electron chi connectivity index (χ1n) is 7.06. The highest BCUT2D eigenvalue weighted by molar-refractivity contribution is 7.99. The third-order valence-electron chi connectivity index (χ3n) is 3.88. The summed E-state index contributed by atoms with van der Waals surface area (Å²) in [6.07, 6.45) is 2.15. The summed E-state index contributed by atoms with van der Waals surface area (Å²) < 4.78 is 0. The molecule has 1 heterocycles. The molecule has 5 heteroatoms. The number of benzene rings is 2. The molecule has 0 aliphatic carbocycles. The maximum absolute atomic E-state index is 6.19. The van der Waals surface area contributed by atoms with Gasteiger partial charge in [-0.05, 0) is 55.3 Å². The highest BCUT2D eigenvalue weighted by Crippen LogP contribution is 2.35. The topological polar surface area (TPSA) is 29.3 Å². The first-order valence-corrected chi connectivity index (χ1v) is 7.87. The van der Waals surface area contributed by atoms with Crippen LogP contribution < -0.4 is 5.73 Å². The maximum Gasteiger partial charge on any atom is 0.0350 e. The molecule has 0 fully saturated rings. The average Bonchev–Trinajstić information content (AvgIpc) is 2.66. The number of halogens is 2. The smallest absolute Gasteiger partial charge is 0.0350 e. The van der Waals surface area contributed by atoms with Crippen molar-refractivity contribution in [2.45, 2.75) is 22.6 Å². The number of nitrogens with zero attached hydrogens (tertiary/aromatic N) is 1. The molecular weight excluding hydrogens is 335 g/mol. The maximum atomic E-state index is 6.19. The standard InChI is InChI=1S/C17H20N2S.2ClH/c1-19-11-9-14-15(10-12-19)17(8-7-16(14)18)20-13-5-3-2-4-6-13;;/h2-8H,9-12,18H2,1H3;2*1H. The second kappa shape index (κ2) is 8.68. The van der Waals surface area contributed by atoms with Gasteiger partial charge in [0.15, 0.2) is 0 Å². The van der Waals surface area contributed by atoms with E-state index in [0.717, 1.165) is 31.6 Å². The van der Waals surface area contributed by atoms with Crippen LogP contribution in [0.5, 0.6) is 0 Å². The van der Waals surface area contributed by atoms with Crippen LogP contribution in [0, 0.1) is 0 Å². The van der Waals surface area contributed by atoms with Crippen molar-refractivity contribution >= 4 is 42.3 Å². The molecular formula is C17H22Cl2N2S. The molecule has 0 unspecified atom stereocenters. The van der Waals surface area contributed by atoms with Crippen LogP contribution in [0.3, 0.4) is 0 Å². The molecule has 2 nitrogen and oxygen atoms in total. The Morgan fingerprint density at radius 1 is 0.909 bits per heavy atom. The van der Waals surface area contributed by atoms with Gasteiger partial charge in [-0.1, -0.05) is 30.0 Å². The highest BCUT2D eigenvalue weighted by Gasteiger charge is 2.17. The van der Waals surface area contributed by atoms with Crippen LogP contribution in [0.2, 0.25) is 0 Å². The molecule has 2 N–H and O–H groups in total. The number of fused-ring (bicyclic) bond motifs is 1. The summed E-state index contributed by atoms with van der Waals surface area (Å²) >= 11 is 1.85. The summed E-state index contributed by atoms with van der Waals surface area (Å²) in [5.74, 6) is 0. The van der Waals surface area contributed by atoms with Crippen molar-refractivity contribution in [3.63, 3.8) is 0 Å². The van der Waals surface area contributed by atoms with E-state index in [1.165, 1.54) is 20.9 Å². The van der Waals surface area contributed by atoms with Crippen molar-refractivity contribution in [2.24, 2.45) is 0 Å². The highest BCUT2D eigenvalue weighted by atomic mass is 35.5. The summed E-state index contributed by atoms with van der Waals surface area (Å²) in [4.78, 5) is 5.03. The van der Waals surface area contributed by atoms with Gasteiger partial charge in [-0.3, -0.25) is 0 Å². The Hall–Kier alpha value is -0.870. The number of rotatable bonds is 2. The van der Waals surface area contributed by atoms with Gasteiger partial charge in [0.2, 0.25) is 0 Å². The van der Waals surface area contributed by atoms with Crippen molar-refractivity contribution in [3.05, 3.63) is 53.6 Å². The molecule has 22 heavy (non-hydrogen) atoms. The SMILES string of the molecule is CN1CCc2c(N)ccc(Sc3ccccc3)c2CC1.Cl.Cl. The van der Waals surface area contributed by atoms with E-state index in [4.69, 9.17) is 5.73 Å². The molecule has 0 amide bonds. The molecule has 3 rings (SSSR count). The predicted octanol–water partition coefficient (Wildman–Crippen LogP) is 4.29. The van der Waals surface area contributed by atoms with Gasteiger partial charge in [0.05, 0.1) is 0 Å². The van der Waals surface area contributed by atoms with Crippen LogP contribution in [0.1, 0.15) is 11.1 Å². The van der Waals surface area contributed by atoms with E-state index in [2.05, 4.69) is 54.4 Å². The fourth-order valence-electron chi connectivity index (χ4n) is 2.69.